The van der Waals surface area contributed by atoms with Gasteiger partial charge in [0.15, 0.2) is 0 Å². The van der Waals surface area contributed by atoms with Crippen LogP contribution in [-0.2, 0) is 21.9 Å². The Hall–Kier alpha value is -2.27. The molecule has 0 unspecified atom stereocenters. The third-order valence-electron chi connectivity index (χ3n) is 4.61. The average molecular weight is 399 g/mol. The van der Waals surface area contributed by atoms with Gasteiger partial charge in [-0.2, -0.15) is 0 Å². The lowest BCUT2D eigenvalue weighted by Gasteiger charge is -2.28. The van der Waals surface area contributed by atoms with Gasteiger partial charge in [0.05, 0.1) is 5.75 Å². The quantitative estimate of drug-likeness (QED) is 0.692. The van der Waals surface area contributed by atoms with Crippen molar-refractivity contribution in [2.24, 2.45) is 0 Å². The Kier molecular flexibility index (Phi) is 8.58. The number of rotatable bonds is 9. The number of nitrogens with zero attached hydrogens (tertiary/aromatic N) is 1. The Labute approximate surface area is 172 Å². The number of carbonyl (C=O) groups excluding carboxylic acids is 2. The van der Waals surface area contributed by atoms with E-state index in [-0.39, 0.29) is 11.8 Å². The first kappa shape index (κ1) is 22.0. The highest BCUT2D eigenvalue weighted by Gasteiger charge is 2.25. The van der Waals surface area contributed by atoms with Crippen LogP contribution in [0, 0.1) is 13.8 Å². The molecule has 5 heteroatoms. The monoisotopic (exact) mass is 398 g/mol. The van der Waals surface area contributed by atoms with Crippen molar-refractivity contribution in [1.29, 1.82) is 0 Å². The third kappa shape index (κ3) is 6.71. The van der Waals surface area contributed by atoms with E-state index in [9.17, 15) is 9.59 Å². The molecule has 0 bridgehead atoms. The van der Waals surface area contributed by atoms with Crippen molar-refractivity contribution in [1.82, 2.24) is 10.2 Å². The van der Waals surface area contributed by atoms with Crippen LogP contribution in [0.1, 0.15) is 36.1 Å². The van der Waals surface area contributed by atoms with Crippen molar-refractivity contribution in [3.63, 3.8) is 0 Å². The number of amides is 2. The third-order valence-corrected chi connectivity index (χ3v) is 5.60. The van der Waals surface area contributed by atoms with Crippen molar-refractivity contribution in [3.8, 4) is 0 Å². The molecule has 0 aliphatic rings. The molecule has 0 aromatic heterocycles. The first-order valence-corrected chi connectivity index (χ1v) is 10.8. The number of likely N-dealkylation sites (N-methyl/N-ethyl adjacent to an activating group) is 1. The van der Waals surface area contributed by atoms with Crippen molar-refractivity contribution < 1.29 is 9.59 Å². The summed E-state index contributed by atoms with van der Waals surface area (Å²) in [6, 6.07) is 15.9. The second kappa shape index (κ2) is 10.9. The zero-order valence-corrected chi connectivity index (χ0v) is 18.0. The summed E-state index contributed by atoms with van der Waals surface area (Å²) in [6.07, 6.45) is 0. The molecule has 2 amide bonds. The summed E-state index contributed by atoms with van der Waals surface area (Å²) >= 11 is 1.58. The van der Waals surface area contributed by atoms with E-state index >= 15 is 0 Å². The first-order valence-electron chi connectivity index (χ1n) is 9.66. The molecule has 0 heterocycles. The van der Waals surface area contributed by atoms with Crippen molar-refractivity contribution in [2.45, 2.75) is 46.0 Å². The van der Waals surface area contributed by atoms with Gasteiger partial charge in [0, 0.05) is 18.8 Å². The summed E-state index contributed by atoms with van der Waals surface area (Å²) in [4.78, 5) is 27.0. The predicted octanol–water partition coefficient (Wildman–Crippen LogP) is 4.09. The normalized spacial score (nSPS) is 11.7. The lowest BCUT2D eigenvalue weighted by molar-refractivity contribution is -0.138. The fourth-order valence-corrected chi connectivity index (χ4v) is 3.69. The lowest BCUT2D eigenvalue weighted by atomic mass is 10.1. The van der Waals surface area contributed by atoms with E-state index in [1.807, 2.05) is 38.1 Å². The summed E-state index contributed by atoms with van der Waals surface area (Å²) in [7, 11) is 0. The second-order valence-electron chi connectivity index (χ2n) is 7.06. The van der Waals surface area contributed by atoms with E-state index in [1.165, 1.54) is 16.7 Å². The van der Waals surface area contributed by atoms with Crippen molar-refractivity contribution in [2.75, 3.05) is 12.3 Å². The van der Waals surface area contributed by atoms with Gasteiger partial charge in [-0.1, -0.05) is 59.7 Å². The number of thioether (sulfide) groups is 1. The molecule has 1 atom stereocenters. The van der Waals surface area contributed by atoms with Crippen LogP contribution in [-0.4, -0.2) is 35.1 Å². The first-order chi connectivity index (χ1) is 13.4. The van der Waals surface area contributed by atoms with Crippen LogP contribution in [0.4, 0.5) is 0 Å². The summed E-state index contributed by atoms with van der Waals surface area (Å²) in [5.74, 6) is 0.992. The highest BCUT2D eigenvalue weighted by Crippen LogP contribution is 2.16. The molecule has 4 nitrogen and oxygen atoms in total. The van der Waals surface area contributed by atoms with E-state index in [2.05, 4.69) is 36.5 Å². The molecule has 0 radical (unpaired) electrons. The van der Waals surface area contributed by atoms with Gasteiger partial charge in [-0.25, -0.2) is 0 Å². The molecular formula is C23H30N2O2S. The number of hydrogen-bond acceptors (Lipinski definition) is 3. The van der Waals surface area contributed by atoms with Crippen LogP contribution in [0.5, 0.6) is 0 Å². The Bertz CT molecular complexity index is 772. The zero-order chi connectivity index (χ0) is 20.5. The highest BCUT2D eigenvalue weighted by atomic mass is 32.2. The highest BCUT2D eigenvalue weighted by molar-refractivity contribution is 7.99. The second-order valence-corrected chi connectivity index (χ2v) is 8.04. The number of nitrogens with one attached hydrogen (secondary N) is 1. The van der Waals surface area contributed by atoms with Gasteiger partial charge in [-0.05, 0) is 38.8 Å². The lowest BCUT2D eigenvalue weighted by Crippen LogP contribution is -2.48. The fraction of sp³-hybridized carbons (Fsp3) is 0.391. The van der Waals surface area contributed by atoms with Crippen molar-refractivity contribution >= 4 is 23.6 Å². The van der Waals surface area contributed by atoms with E-state index in [4.69, 9.17) is 0 Å². The summed E-state index contributed by atoms with van der Waals surface area (Å²) in [5, 5.41) is 2.82. The van der Waals surface area contributed by atoms with Crippen LogP contribution in [0.15, 0.2) is 48.5 Å². The number of benzene rings is 2. The summed E-state index contributed by atoms with van der Waals surface area (Å²) in [6.45, 7) is 8.76. The Morgan fingerprint density at radius 3 is 2.04 bits per heavy atom. The molecule has 2 aromatic rings. The molecule has 2 aromatic carbocycles. The average Bonchev–Trinajstić information content (AvgIpc) is 2.68. The van der Waals surface area contributed by atoms with Crippen LogP contribution >= 0.6 is 11.8 Å². The largest absolute Gasteiger partial charge is 0.355 e. The molecule has 0 aliphatic heterocycles. The molecule has 2 rings (SSSR count). The SMILES string of the molecule is CCNC(=O)[C@H](C)N(Cc1ccc(C)cc1)C(=O)CSCc1ccc(C)cc1. The van der Waals surface area contributed by atoms with Crippen LogP contribution in [0.3, 0.4) is 0 Å². The molecule has 150 valence electrons. The summed E-state index contributed by atoms with van der Waals surface area (Å²) < 4.78 is 0. The maximum Gasteiger partial charge on any atom is 0.242 e. The van der Waals surface area contributed by atoms with E-state index in [0.717, 1.165) is 11.3 Å². The minimum atomic E-state index is -0.506. The van der Waals surface area contributed by atoms with Crippen LogP contribution < -0.4 is 5.32 Å². The van der Waals surface area contributed by atoms with Crippen LogP contribution in [0.2, 0.25) is 0 Å². The Balaban J connectivity index is 2.03. The number of hydrogen-bond donors (Lipinski definition) is 1. The molecule has 0 fully saturated rings. The fourth-order valence-electron chi connectivity index (χ4n) is 2.82. The topological polar surface area (TPSA) is 49.4 Å². The van der Waals surface area contributed by atoms with Gasteiger partial charge in [0.1, 0.15) is 6.04 Å². The molecule has 1 N–H and O–H groups in total. The van der Waals surface area contributed by atoms with Gasteiger partial charge < -0.3 is 10.2 Å². The predicted molar refractivity (Wildman–Crippen MR) is 117 cm³/mol. The van der Waals surface area contributed by atoms with Gasteiger partial charge in [0.25, 0.3) is 0 Å². The number of aryl methyl sites for hydroxylation is 2. The molecular weight excluding hydrogens is 368 g/mol. The van der Waals surface area contributed by atoms with E-state index < -0.39 is 6.04 Å². The molecule has 0 spiro atoms. The van der Waals surface area contributed by atoms with Crippen molar-refractivity contribution in [3.05, 3.63) is 70.8 Å². The molecule has 0 saturated heterocycles. The molecule has 0 saturated carbocycles. The number of carbonyl (C=O) groups is 2. The smallest absolute Gasteiger partial charge is 0.242 e. The van der Waals surface area contributed by atoms with Gasteiger partial charge in [-0.3, -0.25) is 9.59 Å². The van der Waals surface area contributed by atoms with Gasteiger partial charge >= 0.3 is 0 Å². The maximum atomic E-state index is 12.9. The van der Waals surface area contributed by atoms with Crippen LogP contribution in [0.25, 0.3) is 0 Å². The standard InChI is InChI=1S/C23H30N2O2S/c1-5-24-23(27)19(4)25(14-20-10-6-17(2)7-11-20)22(26)16-28-15-21-12-8-18(3)9-13-21/h6-13,19H,5,14-16H2,1-4H3,(H,24,27)/t19-/m0/s1. The Morgan fingerprint density at radius 1 is 0.964 bits per heavy atom. The molecule has 0 aliphatic carbocycles. The maximum absolute atomic E-state index is 12.9. The minimum Gasteiger partial charge on any atom is -0.355 e. The van der Waals surface area contributed by atoms with E-state index in [1.54, 1.807) is 23.6 Å². The van der Waals surface area contributed by atoms with E-state index in [0.29, 0.717) is 18.8 Å². The minimum absolute atomic E-state index is 0.0172. The summed E-state index contributed by atoms with van der Waals surface area (Å²) in [5.41, 5.74) is 4.63. The molecule has 28 heavy (non-hydrogen) atoms. The zero-order valence-electron chi connectivity index (χ0n) is 17.2. The van der Waals surface area contributed by atoms with Gasteiger partial charge in [-0.15, -0.1) is 11.8 Å². The van der Waals surface area contributed by atoms with Gasteiger partial charge in [0.2, 0.25) is 11.8 Å². The Morgan fingerprint density at radius 2 is 1.50 bits per heavy atom.